The molecular weight excluding hydrogens is 252 g/mol. The Morgan fingerprint density at radius 2 is 2.10 bits per heavy atom. The highest BCUT2D eigenvalue weighted by molar-refractivity contribution is 5.91. The second-order valence-corrected chi connectivity index (χ2v) is 5.68. The van der Waals surface area contributed by atoms with E-state index in [-0.39, 0.29) is 5.91 Å². The molecule has 5 heteroatoms. The molecule has 2 heterocycles. The minimum atomic E-state index is -0.134. The average Bonchev–Trinajstić information content (AvgIpc) is 2.46. The number of nitrogens with one attached hydrogen (secondary N) is 1. The Morgan fingerprint density at radius 1 is 1.35 bits per heavy atom. The van der Waals surface area contributed by atoms with Crippen LogP contribution in [0.15, 0.2) is 12.4 Å². The van der Waals surface area contributed by atoms with Crippen LogP contribution in [0.25, 0.3) is 0 Å². The summed E-state index contributed by atoms with van der Waals surface area (Å²) in [7, 11) is 0. The highest BCUT2D eigenvalue weighted by atomic mass is 16.1. The van der Waals surface area contributed by atoms with Gasteiger partial charge in [-0.25, -0.2) is 4.98 Å². The van der Waals surface area contributed by atoms with Crippen molar-refractivity contribution in [1.82, 2.24) is 20.2 Å². The molecule has 1 N–H and O–H groups in total. The van der Waals surface area contributed by atoms with E-state index in [0.717, 1.165) is 24.6 Å². The third-order valence-electron chi connectivity index (χ3n) is 3.83. The Bertz CT molecular complexity index is 424. The molecule has 1 fully saturated rings. The quantitative estimate of drug-likeness (QED) is 0.831. The molecule has 1 aliphatic rings. The molecule has 1 aromatic rings. The first kappa shape index (κ1) is 14.9. The van der Waals surface area contributed by atoms with Crippen LogP contribution in [0.4, 0.5) is 0 Å². The Balaban J connectivity index is 1.63. The van der Waals surface area contributed by atoms with Crippen LogP contribution in [0.5, 0.6) is 0 Å². The first-order chi connectivity index (χ1) is 9.65. The molecule has 1 amide bonds. The predicted octanol–water partition coefficient (Wildman–Crippen LogP) is 1.64. The van der Waals surface area contributed by atoms with Crippen LogP contribution >= 0.6 is 0 Å². The largest absolute Gasteiger partial charge is 0.351 e. The minimum Gasteiger partial charge on any atom is -0.351 e. The van der Waals surface area contributed by atoms with E-state index >= 15 is 0 Å². The maximum atomic E-state index is 11.8. The fourth-order valence-corrected chi connectivity index (χ4v) is 2.39. The van der Waals surface area contributed by atoms with E-state index in [2.05, 4.69) is 27.1 Å². The molecule has 110 valence electrons. The molecule has 5 nitrogen and oxygen atoms in total. The second-order valence-electron chi connectivity index (χ2n) is 5.68. The second kappa shape index (κ2) is 7.33. The van der Waals surface area contributed by atoms with Gasteiger partial charge in [0.15, 0.2) is 0 Å². The summed E-state index contributed by atoms with van der Waals surface area (Å²) in [5.74, 6) is 0.732. The molecule has 1 aromatic heterocycles. The van der Waals surface area contributed by atoms with Crippen molar-refractivity contribution in [1.29, 1.82) is 0 Å². The summed E-state index contributed by atoms with van der Waals surface area (Å²) in [5.41, 5.74) is 1.21. The lowest BCUT2D eigenvalue weighted by molar-refractivity contribution is 0.0945. The Morgan fingerprint density at radius 3 is 2.75 bits per heavy atom. The van der Waals surface area contributed by atoms with Crippen molar-refractivity contribution in [2.24, 2.45) is 5.92 Å². The van der Waals surface area contributed by atoms with Crippen LogP contribution in [0.1, 0.15) is 42.4 Å². The highest BCUT2D eigenvalue weighted by Crippen LogP contribution is 2.15. The normalized spacial score (nSPS) is 17.1. The maximum Gasteiger partial charge on any atom is 0.271 e. The Hall–Kier alpha value is -1.49. The third kappa shape index (κ3) is 4.56. The monoisotopic (exact) mass is 276 g/mol. The van der Waals surface area contributed by atoms with Crippen LogP contribution in [0.2, 0.25) is 0 Å². The summed E-state index contributed by atoms with van der Waals surface area (Å²) in [6.07, 6.45) is 6.72. The molecule has 20 heavy (non-hydrogen) atoms. The van der Waals surface area contributed by atoms with E-state index in [0.29, 0.717) is 12.2 Å². The molecule has 0 bridgehead atoms. The molecule has 1 saturated heterocycles. The van der Waals surface area contributed by atoms with Gasteiger partial charge in [0.2, 0.25) is 0 Å². The summed E-state index contributed by atoms with van der Waals surface area (Å²) in [6.45, 7) is 8.32. The van der Waals surface area contributed by atoms with E-state index in [4.69, 9.17) is 0 Å². The molecule has 0 aromatic carbocycles. The van der Waals surface area contributed by atoms with Gasteiger partial charge in [0.1, 0.15) is 5.69 Å². The van der Waals surface area contributed by atoms with Crippen LogP contribution in [-0.4, -0.2) is 47.0 Å². The Labute approximate surface area is 120 Å². The molecule has 0 radical (unpaired) electrons. The van der Waals surface area contributed by atoms with E-state index in [1.807, 2.05) is 6.92 Å². The summed E-state index contributed by atoms with van der Waals surface area (Å²) in [6, 6.07) is 0. The first-order valence-electron chi connectivity index (χ1n) is 7.44. The maximum absolute atomic E-state index is 11.8. The predicted molar refractivity (Wildman–Crippen MR) is 78.6 cm³/mol. The van der Waals surface area contributed by atoms with Gasteiger partial charge in [-0.15, -0.1) is 0 Å². The molecule has 0 saturated carbocycles. The fraction of sp³-hybridized carbons (Fsp3) is 0.667. The first-order valence-corrected chi connectivity index (χ1v) is 7.44. The summed E-state index contributed by atoms with van der Waals surface area (Å²) in [4.78, 5) is 22.5. The fourth-order valence-electron chi connectivity index (χ4n) is 2.39. The Kier molecular flexibility index (Phi) is 5.47. The number of piperidine rings is 1. The van der Waals surface area contributed by atoms with Crippen LogP contribution in [0, 0.1) is 12.8 Å². The number of likely N-dealkylation sites (tertiary alicyclic amines) is 1. The van der Waals surface area contributed by atoms with E-state index < -0.39 is 0 Å². The number of aryl methyl sites for hydroxylation is 1. The van der Waals surface area contributed by atoms with Crippen LogP contribution < -0.4 is 5.32 Å². The van der Waals surface area contributed by atoms with E-state index in [1.54, 1.807) is 6.20 Å². The summed E-state index contributed by atoms with van der Waals surface area (Å²) < 4.78 is 0. The molecule has 1 aliphatic heterocycles. The van der Waals surface area contributed by atoms with Gasteiger partial charge in [-0.3, -0.25) is 9.78 Å². The van der Waals surface area contributed by atoms with Crippen molar-refractivity contribution in [3.63, 3.8) is 0 Å². The molecule has 0 spiro atoms. The SMILES string of the molecule is Cc1cnc(C(=O)NCCCN2CCC(C)CC2)cn1. The van der Waals surface area contributed by atoms with Gasteiger partial charge >= 0.3 is 0 Å². The zero-order chi connectivity index (χ0) is 14.4. The molecule has 0 aliphatic carbocycles. The lowest BCUT2D eigenvalue weighted by Crippen LogP contribution is -2.35. The van der Waals surface area contributed by atoms with Gasteiger partial charge in [-0.05, 0) is 51.7 Å². The lowest BCUT2D eigenvalue weighted by Gasteiger charge is -2.30. The summed E-state index contributed by atoms with van der Waals surface area (Å²) in [5, 5.41) is 2.90. The number of nitrogens with zero attached hydrogens (tertiary/aromatic N) is 3. The van der Waals surface area contributed by atoms with Crippen LogP contribution in [0.3, 0.4) is 0 Å². The number of carbonyl (C=O) groups is 1. The van der Waals surface area contributed by atoms with Crippen molar-refractivity contribution in [2.75, 3.05) is 26.2 Å². The van der Waals surface area contributed by atoms with E-state index in [1.165, 1.54) is 32.1 Å². The molecule has 0 atom stereocenters. The van der Waals surface area contributed by atoms with Gasteiger partial charge in [-0.1, -0.05) is 6.92 Å². The topological polar surface area (TPSA) is 58.1 Å². The van der Waals surface area contributed by atoms with Crippen molar-refractivity contribution in [2.45, 2.75) is 33.1 Å². The minimum absolute atomic E-state index is 0.134. The zero-order valence-electron chi connectivity index (χ0n) is 12.4. The average molecular weight is 276 g/mol. The third-order valence-corrected chi connectivity index (χ3v) is 3.83. The number of amides is 1. The number of hydrogen-bond acceptors (Lipinski definition) is 4. The van der Waals surface area contributed by atoms with Gasteiger partial charge in [0, 0.05) is 12.7 Å². The van der Waals surface area contributed by atoms with E-state index in [9.17, 15) is 4.79 Å². The molecular formula is C15H24N4O. The van der Waals surface area contributed by atoms with Crippen molar-refractivity contribution >= 4 is 5.91 Å². The highest BCUT2D eigenvalue weighted by Gasteiger charge is 2.15. The molecule has 2 rings (SSSR count). The number of carbonyl (C=O) groups excluding carboxylic acids is 1. The van der Waals surface area contributed by atoms with Crippen LogP contribution in [-0.2, 0) is 0 Å². The smallest absolute Gasteiger partial charge is 0.271 e. The number of rotatable bonds is 5. The zero-order valence-corrected chi connectivity index (χ0v) is 12.4. The van der Waals surface area contributed by atoms with Crippen molar-refractivity contribution in [3.05, 3.63) is 23.8 Å². The molecule has 0 unspecified atom stereocenters. The van der Waals surface area contributed by atoms with Gasteiger partial charge < -0.3 is 10.2 Å². The van der Waals surface area contributed by atoms with Crippen molar-refractivity contribution < 1.29 is 4.79 Å². The number of hydrogen-bond donors (Lipinski definition) is 1. The van der Waals surface area contributed by atoms with Gasteiger partial charge in [0.25, 0.3) is 5.91 Å². The summed E-state index contributed by atoms with van der Waals surface area (Å²) >= 11 is 0. The van der Waals surface area contributed by atoms with Gasteiger partial charge in [-0.2, -0.15) is 0 Å². The standard InChI is InChI=1S/C15H24N4O/c1-12-4-8-19(9-5-12)7-3-6-16-15(20)14-11-17-13(2)10-18-14/h10-12H,3-9H2,1-2H3,(H,16,20). The van der Waals surface area contributed by atoms with Gasteiger partial charge in [0.05, 0.1) is 11.9 Å². The van der Waals surface area contributed by atoms with Crippen molar-refractivity contribution in [3.8, 4) is 0 Å². The lowest BCUT2D eigenvalue weighted by atomic mass is 9.99. The number of aromatic nitrogens is 2.